The van der Waals surface area contributed by atoms with Crippen LogP contribution >= 0.6 is 23.2 Å². The summed E-state index contributed by atoms with van der Waals surface area (Å²) in [4.78, 5) is 2.42. The van der Waals surface area contributed by atoms with Crippen LogP contribution in [0.25, 0.3) is 0 Å². The fourth-order valence-corrected chi connectivity index (χ4v) is 3.85. The molecule has 2 fully saturated rings. The number of hydrogen-bond donors (Lipinski definition) is 1. The van der Waals surface area contributed by atoms with Gasteiger partial charge in [-0.1, -0.05) is 29.3 Å². The first-order valence-corrected chi connectivity index (χ1v) is 7.91. The van der Waals surface area contributed by atoms with Crippen LogP contribution in [-0.2, 0) is 6.54 Å². The van der Waals surface area contributed by atoms with Gasteiger partial charge in [0.05, 0.1) is 10.0 Å². The Labute approximate surface area is 129 Å². The molecule has 2 saturated heterocycles. The summed E-state index contributed by atoms with van der Waals surface area (Å²) in [6.07, 6.45) is 3.75. The van der Waals surface area contributed by atoms with E-state index in [1.807, 2.05) is 0 Å². The summed E-state index contributed by atoms with van der Waals surface area (Å²) in [6.45, 7) is 5.20. The Hall–Kier alpha value is -0.350. The van der Waals surface area contributed by atoms with Crippen LogP contribution in [0.4, 0.5) is 4.39 Å². The van der Waals surface area contributed by atoms with E-state index in [-0.39, 0.29) is 5.02 Å². The van der Waals surface area contributed by atoms with Gasteiger partial charge in [0.15, 0.2) is 0 Å². The van der Waals surface area contributed by atoms with Gasteiger partial charge in [0, 0.05) is 13.1 Å². The average molecular weight is 317 g/mol. The molecule has 3 rings (SSSR count). The van der Waals surface area contributed by atoms with Crippen LogP contribution in [0.1, 0.15) is 24.8 Å². The van der Waals surface area contributed by atoms with E-state index >= 15 is 0 Å². The number of rotatable bonds is 2. The molecule has 0 aromatic heterocycles. The summed E-state index contributed by atoms with van der Waals surface area (Å²) >= 11 is 12.0. The summed E-state index contributed by atoms with van der Waals surface area (Å²) in [6, 6.07) is 3.15. The molecular formula is C15H19Cl2FN2. The Bertz CT molecular complexity index is 501. The molecule has 2 aliphatic rings. The number of hydrogen-bond acceptors (Lipinski definition) is 2. The first-order valence-electron chi connectivity index (χ1n) is 7.15. The van der Waals surface area contributed by atoms with E-state index in [9.17, 15) is 4.39 Å². The molecular weight excluding hydrogens is 298 g/mol. The van der Waals surface area contributed by atoms with E-state index in [1.54, 1.807) is 6.07 Å². The maximum absolute atomic E-state index is 13.3. The highest BCUT2D eigenvalue weighted by Gasteiger charge is 2.38. The Morgan fingerprint density at radius 1 is 1.15 bits per heavy atom. The van der Waals surface area contributed by atoms with E-state index in [0.717, 1.165) is 38.3 Å². The van der Waals surface area contributed by atoms with E-state index in [4.69, 9.17) is 23.2 Å². The Morgan fingerprint density at radius 3 is 2.65 bits per heavy atom. The van der Waals surface area contributed by atoms with E-state index in [1.165, 1.54) is 25.3 Å². The van der Waals surface area contributed by atoms with Crippen LogP contribution in [0, 0.1) is 11.2 Å². The van der Waals surface area contributed by atoms with Crippen LogP contribution in [0.3, 0.4) is 0 Å². The SMILES string of the molecule is Fc1ccc(CN2CCC3(CCNCC3)C2)c(Cl)c1Cl. The summed E-state index contributed by atoms with van der Waals surface area (Å²) in [5.41, 5.74) is 1.39. The van der Waals surface area contributed by atoms with Crippen molar-refractivity contribution in [3.05, 3.63) is 33.6 Å². The van der Waals surface area contributed by atoms with Crippen molar-refractivity contribution in [3.63, 3.8) is 0 Å². The number of nitrogens with one attached hydrogen (secondary N) is 1. The first-order chi connectivity index (χ1) is 9.60. The van der Waals surface area contributed by atoms with E-state index in [2.05, 4.69) is 10.2 Å². The van der Waals surface area contributed by atoms with Crippen molar-refractivity contribution in [3.8, 4) is 0 Å². The minimum atomic E-state index is -0.448. The Balaban J connectivity index is 1.69. The normalized spacial score (nSPS) is 22.6. The maximum Gasteiger partial charge on any atom is 0.143 e. The van der Waals surface area contributed by atoms with Gasteiger partial charge < -0.3 is 5.32 Å². The predicted molar refractivity (Wildman–Crippen MR) is 80.9 cm³/mol. The molecule has 1 spiro atoms. The molecule has 1 aromatic rings. The molecule has 110 valence electrons. The molecule has 1 aromatic carbocycles. The molecule has 0 saturated carbocycles. The monoisotopic (exact) mass is 316 g/mol. The van der Waals surface area contributed by atoms with Crippen LogP contribution in [0.5, 0.6) is 0 Å². The molecule has 5 heteroatoms. The van der Waals surface area contributed by atoms with Gasteiger partial charge >= 0.3 is 0 Å². The second-order valence-electron chi connectivity index (χ2n) is 6.05. The molecule has 0 radical (unpaired) electrons. The summed E-state index contributed by atoms with van der Waals surface area (Å²) in [5, 5.41) is 3.83. The minimum absolute atomic E-state index is 0.0416. The summed E-state index contributed by atoms with van der Waals surface area (Å²) in [5.74, 6) is -0.448. The number of nitrogens with zero attached hydrogens (tertiary/aromatic N) is 1. The zero-order chi connectivity index (χ0) is 14.2. The van der Waals surface area contributed by atoms with Crippen LogP contribution < -0.4 is 5.32 Å². The Morgan fingerprint density at radius 2 is 1.90 bits per heavy atom. The largest absolute Gasteiger partial charge is 0.317 e. The molecule has 2 aliphatic heterocycles. The van der Waals surface area contributed by atoms with Crippen molar-refractivity contribution in [1.29, 1.82) is 0 Å². The molecule has 0 amide bonds. The van der Waals surface area contributed by atoms with Crippen molar-refractivity contribution in [2.75, 3.05) is 26.2 Å². The molecule has 0 unspecified atom stereocenters. The van der Waals surface area contributed by atoms with Gasteiger partial charge in [-0.25, -0.2) is 4.39 Å². The van der Waals surface area contributed by atoms with Crippen molar-refractivity contribution < 1.29 is 4.39 Å². The fraction of sp³-hybridized carbons (Fsp3) is 0.600. The highest BCUT2D eigenvalue weighted by Crippen LogP contribution is 2.39. The maximum atomic E-state index is 13.3. The summed E-state index contributed by atoms with van der Waals surface area (Å²) in [7, 11) is 0. The third-order valence-electron chi connectivity index (χ3n) is 4.69. The zero-order valence-electron chi connectivity index (χ0n) is 11.4. The van der Waals surface area contributed by atoms with Crippen LogP contribution in [0.2, 0.25) is 10.0 Å². The van der Waals surface area contributed by atoms with Crippen molar-refractivity contribution in [1.82, 2.24) is 10.2 Å². The van der Waals surface area contributed by atoms with Gasteiger partial charge in [0.25, 0.3) is 0 Å². The molecule has 20 heavy (non-hydrogen) atoms. The van der Waals surface area contributed by atoms with Crippen LogP contribution in [-0.4, -0.2) is 31.1 Å². The van der Waals surface area contributed by atoms with Gasteiger partial charge in [-0.15, -0.1) is 0 Å². The van der Waals surface area contributed by atoms with Crippen molar-refractivity contribution in [2.45, 2.75) is 25.8 Å². The van der Waals surface area contributed by atoms with E-state index in [0.29, 0.717) is 10.4 Å². The fourth-order valence-electron chi connectivity index (χ4n) is 3.46. The molecule has 0 bridgehead atoms. The topological polar surface area (TPSA) is 15.3 Å². The highest BCUT2D eigenvalue weighted by atomic mass is 35.5. The molecule has 1 N–H and O–H groups in total. The zero-order valence-corrected chi connectivity index (χ0v) is 12.9. The summed E-state index contributed by atoms with van der Waals surface area (Å²) < 4.78 is 13.3. The smallest absolute Gasteiger partial charge is 0.143 e. The number of likely N-dealkylation sites (tertiary alicyclic amines) is 1. The third kappa shape index (κ3) is 2.82. The van der Waals surface area contributed by atoms with Gasteiger partial charge in [-0.05, 0) is 55.9 Å². The molecule has 2 nitrogen and oxygen atoms in total. The number of piperidine rings is 1. The predicted octanol–water partition coefficient (Wildman–Crippen LogP) is 3.71. The molecule has 0 atom stereocenters. The number of halogens is 3. The van der Waals surface area contributed by atoms with Gasteiger partial charge in [-0.3, -0.25) is 4.90 Å². The molecule has 0 aliphatic carbocycles. The highest BCUT2D eigenvalue weighted by molar-refractivity contribution is 6.42. The number of benzene rings is 1. The van der Waals surface area contributed by atoms with Gasteiger partial charge in [0.1, 0.15) is 5.82 Å². The standard InChI is InChI=1S/C15H19Cl2FN2/c16-13-11(1-2-12(18)14(13)17)9-20-8-5-15(10-20)3-6-19-7-4-15/h1-2,19H,3-10H2. The average Bonchev–Trinajstić information content (AvgIpc) is 2.83. The lowest BCUT2D eigenvalue weighted by molar-refractivity contribution is 0.194. The Kier molecular flexibility index (Phi) is 4.23. The van der Waals surface area contributed by atoms with Crippen LogP contribution in [0.15, 0.2) is 12.1 Å². The van der Waals surface area contributed by atoms with E-state index < -0.39 is 5.82 Å². The second-order valence-corrected chi connectivity index (χ2v) is 6.80. The van der Waals surface area contributed by atoms with Gasteiger partial charge in [0.2, 0.25) is 0 Å². The minimum Gasteiger partial charge on any atom is -0.317 e. The lowest BCUT2D eigenvalue weighted by Crippen LogP contribution is -2.38. The third-order valence-corrected chi connectivity index (χ3v) is 5.59. The quantitative estimate of drug-likeness (QED) is 0.837. The van der Waals surface area contributed by atoms with Crippen molar-refractivity contribution in [2.24, 2.45) is 5.41 Å². The van der Waals surface area contributed by atoms with Gasteiger partial charge in [-0.2, -0.15) is 0 Å². The lowest BCUT2D eigenvalue weighted by atomic mass is 9.78. The molecule has 2 heterocycles. The lowest BCUT2D eigenvalue weighted by Gasteiger charge is -2.34. The van der Waals surface area contributed by atoms with Crippen molar-refractivity contribution >= 4 is 23.2 Å². The first kappa shape index (κ1) is 14.6. The second kappa shape index (κ2) is 5.80.